The summed E-state index contributed by atoms with van der Waals surface area (Å²) in [5, 5.41) is 10.6. The van der Waals surface area contributed by atoms with Crippen molar-refractivity contribution in [1.29, 1.82) is 0 Å². The van der Waals surface area contributed by atoms with Gasteiger partial charge < -0.3 is 25.6 Å². The Morgan fingerprint density at radius 1 is 1.09 bits per heavy atom. The van der Waals surface area contributed by atoms with Gasteiger partial charge in [0.1, 0.15) is 11.6 Å². The zero-order valence-electron chi connectivity index (χ0n) is 20.4. The number of aryl methyl sites for hydroxylation is 1. The van der Waals surface area contributed by atoms with Crippen molar-refractivity contribution in [3.05, 3.63) is 48.0 Å². The molecule has 1 aromatic heterocycles. The fourth-order valence-corrected chi connectivity index (χ4v) is 4.47. The molecule has 0 spiro atoms. The second-order valence-electron chi connectivity index (χ2n) is 9.16. The van der Waals surface area contributed by atoms with E-state index in [2.05, 4.69) is 22.0 Å². The van der Waals surface area contributed by atoms with E-state index in [1.807, 2.05) is 62.3 Å². The van der Waals surface area contributed by atoms with Crippen LogP contribution in [0.2, 0.25) is 0 Å². The van der Waals surface area contributed by atoms with Crippen LogP contribution in [0, 0.1) is 12.8 Å². The lowest BCUT2D eigenvalue weighted by Gasteiger charge is -2.29. The molecule has 0 atom stereocenters. The third kappa shape index (κ3) is 5.68. The lowest BCUT2D eigenvalue weighted by Crippen LogP contribution is -2.36. The molecular formula is C26H34N6O2. The van der Waals surface area contributed by atoms with Crippen LogP contribution in [0.25, 0.3) is 10.9 Å². The van der Waals surface area contributed by atoms with Crippen LogP contribution < -0.4 is 25.6 Å². The van der Waals surface area contributed by atoms with E-state index < -0.39 is 0 Å². The Balaban J connectivity index is 1.26. The van der Waals surface area contributed by atoms with E-state index in [1.54, 1.807) is 7.11 Å². The lowest BCUT2D eigenvalue weighted by molar-refractivity contribution is 0.246. The quantitative estimate of drug-likeness (QED) is 0.467. The zero-order valence-corrected chi connectivity index (χ0v) is 20.4. The van der Waals surface area contributed by atoms with Crippen LogP contribution in [0.5, 0.6) is 5.75 Å². The van der Waals surface area contributed by atoms with E-state index in [0.29, 0.717) is 24.5 Å². The Morgan fingerprint density at radius 2 is 1.85 bits per heavy atom. The molecular weight excluding hydrogens is 428 g/mol. The molecule has 3 N–H and O–H groups in total. The summed E-state index contributed by atoms with van der Waals surface area (Å²) in [7, 11) is 5.64. The number of hydrogen-bond acceptors (Lipinski definition) is 6. The van der Waals surface area contributed by atoms with Crippen LogP contribution in [-0.2, 0) is 0 Å². The van der Waals surface area contributed by atoms with Crippen molar-refractivity contribution < 1.29 is 9.53 Å². The van der Waals surface area contributed by atoms with Crippen LogP contribution in [0.4, 0.5) is 22.2 Å². The number of anilines is 3. The minimum Gasteiger partial charge on any atom is -0.497 e. The van der Waals surface area contributed by atoms with Crippen LogP contribution in [-0.4, -0.2) is 49.8 Å². The summed E-state index contributed by atoms with van der Waals surface area (Å²) < 4.78 is 5.22. The molecule has 0 bridgehead atoms. The maximum Gasteiger partial charge on any atom is 0.319 e. The van der Waals surface area contributed by atoms with Gasteiger partial charge in [-0.25, -0.2) is 9.78 Å². The number of hydrogen-bond donors (Lipinski definition) is 3. The Morgan fingerprint density at radius 3 is 2.56 bits per heavy atom. The van der Waals surface area contributed by atoms with Crippen LogP contribution in [0.15, 0.2) is 42.5 Å². The van der Waals surface area contributed by atoms with E-state index in [0.717, 1.165) is 59.4 Å². The third-order valence-electron chi connectivity index (χ3n) is 6.42. The first kappa shape index (κ1) is 23.6. The van der Waals surface area contributed by atoms with E-state index >= 15 is 0 Å². The van der Waals surface area contributed by atoms with Crippen LogP contribution in [0.3, 0.4) is 0 Å². The van der Waals surface area contributed by atoms with E-state index in [-0.39, 0.29) is 6.03 Å². The molecule has 3 aromatic rings. The van der Waals surface area contributed by atoms with Gasteiger partial charge in [-0.15, -0.1) is 0 Å². The van der Waals surface area contributed by atoms with Crippen molar-refractivity contribution in [2.24, 2.45) is 5.92 Å². The summed E-state index contributed by atoms with van der Waals surface area (Å²) in [6.45, 7) is 2.62. The number of carbonyl (C=O) groups is 1. The summed E-state index contributed by atoms with van der Waals surface area (Å²) in [6, 6.07) is 13.9. The maximum absolute atomic E-state index is 12.4. The molecule has 8 heteroatoms. The molecule has 1 aliphatic carbocycles. The van der Waals surface area contributed by atoms with Crippen LogP contribution >= 0.6 is 0 Å². The number of urea groups is 1. The largest absolute Gasteiger partial charge is 0.497 e. The Kier molecular flexibility index (Phi) is 7.35. The summed E-state index contributed by atoms with van der Waals surface area (Å²) in [4.78, 5) is 23.9. The predicted octanol–water partition coefficient (Wildman–Crippen LogP) is 4.81. The number of methoxy groups -OCH3 is 1. The number of rotatable bonds is 7. The lowest BCUT2D eigenvalue weighted by atomic mass is 9.86. The van der Waals surface area contributed by atoms with Crippen molar-refractivity contribution in [3.8, 4) is 5.75 Å². The molecule has 0 saturated heterocycles. The number of para-hydroxylation sites is 1. The van der Waals surface area contributed by atoms with Gasteiger partial charge in [-0.1, -0.05) is 12.1 Å². The van der Waals surface area contributed by atoms with Gasteiger partial charge >= 0.3 is 6.03 Å². The number of carbonyl (C=O) groups excluding carboxylic acids is 1. The molecule has 2 amide bonds. The molecule has 1 heterocycles. The molecule has 1 saturated carbocycles. The van der Waals surface area contributed by atoms with Gasteiger partial charge in [0.05, 0.1) is 12.6 Å². The highest BCUT2D eigenvalue weighted by atomic mass is 16.5. The fourth-order valence-electron chi connectivity index (χ4n) is 4.47. The molecule has 0 aliphatic heterocycles. The number of nitrogens with zero attached hydrogens (tertiary/aromatic N) is 3. The van der Waals surface area contributed by atoms with Gasteiger partial charge in [-0.3, -0.25) is 0 Å². The minimum absolute atomic E-state index is 0.172. The number of fused-ring (bicyclic) bond motifs is 1. The summed E-state index contributed by atoms with van der Waals surface area (Å²) in [5.41, 5.74) is 2.70. The smallest absolute Gasteiger partial charge is 0.319 e. The second kappa shape index (κ2) is 10.6. The molecule has 0 unspecified atom stereocenters. The Bertz CT molecular complexity index is 1140. The average molecular weight is 463 g/mol. The molecule has 34 heavy (non-hydrogen) atoms. The monoisotopic (exact) mass is 462 g/mol. The van der Waals surface area contributed by atoms with E-state index in [1.165, 1.54) is 0 Å². The first-order valence-electron chi connectivity index (χ1n) is 11.8. The summed E-state index contributed by atoms with van der Waals surface area (Å²) >= 11 is 0. The van der Waals surface area contributed by atoms with Gasteiger partial charge in [0.2, 0.25) is 5.95 Å². The van der Waals surface area contributed by atoms with Crippen molar-refractivity contribution in [2.75, 3.05) is 43.3 Å². The summed E-state index contributed by atoms with van der Waals surface area (Å²) in [5.74, 6) is 2.85. The number of nitrogens with one attached hydrogen (secondary N) is 3. The molecule has 0 radical (unpaired) electrons. The molecule has 4 rings (SSSR count). The SMILES string of the molecule is COc1ccc(NC(=O)NCC2CCC(Nc3nc(N(C)C)c4ccccc4n3)CC2)c(C)c1. The highest BCUT2D eigenvalue weighted by Gasteiger charge is 2.23. The fraction of sp³-hybridized carbons (Fsp3) is 0.423. The molecule has 8 nitrogen and oxygen atoms in total. The third-order valence-corrected chi connectivity index (χ3v) is 6.42. The van der Waals surface area contributed by atoms with Gasteiger partial charge in [0, 0.05) is 37.8 Å². The predicted molar refractivity (Wildman–Crippen MR) is 138 cm³/mol. The Hall–Kier alpha value is -3.55. The zero-order chi connectivity index (χ0) is 24.1. The van der Waals surface area contributed by atoms with Gasteiger partial charge in [0.15, 0.2) is 0 Å². The number of amides is 2. The topological polar surface area (TPSA) is 91.4 Å². The number of aromatic nitrogens is 2. The number of ether oxygens (including phenoxy) is 1. The Labute approximate surface area is 201 Å². The van der Waals surface area contributed by atoms with Gasteiger partial charge in [-0.05, 0) is 74.4 Å². The minimum atomic E-state index is -0.172. The first-order valence-corrected chi connectivity index (χ1v) is 11.8. The summed E-state index contributed by atoms with van der Waals surface area (Å²) in [6.07, 6.45) is 4.15. The maximum atomic E-state index is 12.4. The van der Waals surface area contributed by atoms with E-state index in [4.69, 9.17) is 14.7 Å². The number of benzene rings is 2. The van der Waals surface area contributed by atoms with Crippen molar-refractivity contribution in [1.82, 2.24) is 15.3 Å². The van der Waals surface area contributed by atoms with Crippen molar-refractivity contribution >= 4 is 34.4 Å². The standard InChI is InChI=1S/C26H34N6O2/c1-17-15-20(34-4)13-14-22(17)30-26(33)27-16-18-9-11-19(12-10-18)28-25-29-23-8-6-5-7-21(23)24(31-25)32(2)3/h5-8,13-15,18-19H,9-12,16H2,1-4H3,(H2,27,30,33)(H,28,29,31). The van der Waals surface area contributed by atoms with E-state index in [9.17, 15) is 4.79 Å². The van der Waals surface area contributed by atoms with Gasteiger partial charge in [0.25, 0.3) is 0 Å². The molecule has 1 aliphatic rings. The highest BCUT2D eigenvalue weighted by Crippen LogP contribution is 2.28. The van der Waals surface area contributed by atoms with Gasteiger partial charge in [-0.2, -0.15) is 4.98 Å². The molecule has 180 valence electrons. The molecule has 2 aromatic carbocycles. The van der Waals surface area contributed by atoms with Crippen molar-refractivity contribution in [2.45, 2.75) is 38.6 Å². The second-order valence-corrected chi connectivity index (χ2v) is 9.16. The van der Waals surface area contributed by atoms with Crippen LogP contribution in [0.1, 0.15) is 31.2 Å². The van der Waals surface area contributed by atoms with Crippen molar-refractivity contribution in [3.63, 3.8) is 0 Å². The normalized spacial score (nSPS) is 17.8. The highest BCUT2D eigenvalue weighted by molar-refractivity contribution is 5.91. The average Bonchev–Trinajstić information content (AvgIpc) is 2.84. The molecule has 1 fully saturated rings. The first-order chi connectivity index (χ1) is 16.4.